The van der Waals surface area contributed by atoms with Crippen molar-refractivity contribution in [2.75, 3.05) is 39.8 Å². The van der Waals surface area contributed by atoms with E-state index in [1.807, 2.05) is 18.0 Å². The molecule has 0 radical (unpaired) electrons. The first-order chi connectivity index (χ1) is 9.22. The zero-order chi connectivity index (χ0) is 13.2. The van der Waals surface area contributed by atoms with Crippen LogP contribution in [0.15, 0.2) is 17.5 Å². The molecule has 3 heterocycles. The first kappa shape index (κ1) is 15.8. The third-order valence-corrected chi connectivity index (χ3v) is 5.08. The molecule has 0 aromatic carbocycles. The summed E-state index contributed by atoms with van der Waals surface area (Å²) in [7, 11) is 1.90. The molecule has 0 saturated carbocycles. The fourth-order valence-electron chi connectivity index (χ4n) is 3.12. The molecule has 6 heteroatoms. The second-order valence-corrected chi connectivity index (χ2v) is 6.73. The Morgan fingerprint density at radius 3 is 2.75 bits per heavy atom. The van der Waals surface area contributed by atoms with Gasteiger partial charge in [0.25, 0.3) is 0 Å². The molecule has 2 aliphatic heterocycles. The number of amides is 1. The van der Waals surface area contributed by atoms with Gasteiger partial charge in [0.05, 0.1) is 13.1 Å². The Kier molecular flexibility index (Phi) is 5.43. The summed E-state index contributed by atoms with van der Waals surface area (Å²) in [6, 6.07) is 4.12. The van der Waals surface area contributed by atoms with Crippen molar-refractivity contribution in [2.24, 2.45) is 11.8 Å². The van der Waals surface area contributed by atoms with Gasteiger partial charge in [-0.25, -0.2) is 0 Å². The van der Waals surface area contributed by atoms with Gasteiger partial charge in [0, 0.05) is 25.0 Å². The van der Waals surface area contributed by atoms with Crippen LogP contribution in [-0.2, 0) is 11.3 Å². The quantitative estimate of drug-likeness (QED) is 0.909. The van der Waals surface area contributed by atoms with E-state index in [2.05, 4.69) is 21.7 Å². The lowest BCUT2D eigenvalue weighted by Gasteiger charge is -2.21. The summed E-state index contributed by atoms with van der Waals surface area (Å²) in [5.41, 5.74) is 0. The number of fused-ring (bicyclic) bond motifs is 1. The van der Waals surface area contributed by atoms with Gasteiger partial charge in [-0.15, -0.1) is 23.7 Å². The molecule has 1 aromatic heterocycles. The molecule has 1 N–H and O–H groups in total. The molecule has 0 spiro atoms. The number of carbonyl (C=O) groups is 1. The van der Waals surface area contributed by atoms with E-state index in [9.17, 15) is 4.79 Å². The standard InChI is InChI=1S/C14H21N3OS.ClH/c1-16(9-13-3-2-4-19-13)14(18)10-17-7-11-5-15-6-12(11)8-17;/h2-4,11-12,15H,5-10H2,1H3;1H/t11-,12+;. The average molecular weight is 316 g/mol. The van der Waals surface area contributed by atoms with Crippen LogP contribution in [0.3, 0.4) is 0 Å². The minimum Gasteiger partial charge on any atom is -0.340 e. The van der Waals surface area contributed by atoms with Crippen LogP contribution >= 0.6 is 23.7 Å². The molecule has 1 amide bonds. The van der Waals surface area contributed by atoms with Gasteiger partial charge >= 0.3 is 0 Å². The molecule has 20 heavy (non-hydrogen) atoms. The summed E-state index contributed by atoms with van der Waals surface area (Å²) < 4.78 is 0. The summed E-state index contributed by atoms with van der Waals surface area (Å²) in [4.78, 5) is 17.6. The van der Waals surface area contributed by atoms with Crippen molar-refractivity contribution < 1.29 is 4.79 Å². The molecule has 3 rings (SSSR count). The minimum atomic E-state index is 0. The van der Waals surface area contributed by atoms with E-state index in [4.69, 9.17) is 0 Å². The van der Waals surface area contributed by atoms with Crippen LogP contribution in [0.1, 0.15) is 4.88 Å². The predicted octanol–water partition coefficient (Wildman–Crippen LogP) is 1.28. The summed E-state index contributed by atoms with van der Waals surface area (Å²) >= 11 is 1.71. The maximum Gasteiger partial charge on any atom is 0.236 e. The molecule has 0 aliphatic carbocycles. The van der Waals surface area contributed by atoms with E-state index >= 15 is 0 Å². The number of nitrogens with one attached hydrogen (secondary N) is 1. The van der Waals surface area contributed by atoms with Gasteiger partial charge in [-0.3, -0.25) is 9.69 Å². The monoisotopic (exact) mass is 315 g/mol. The van der Waals surface area contributed by atoms with Crippen molar-refractivity contribution in [1.29, 1.82) is 0 Å². The third kappa shape index (κ3) is 3.52. The van der Waals surface area contributed by atoms with Crippen molar-refractivity contribution in [1.82, 2.24) is 15.1 Å². The number of likely N-dealkylation sites (tertiary alicyclic amines) is 1. The second kappa shape index (κ2) is 6.89. The summed E-state index contributed by atoms with van der Waals surface area (Å²) in [5.74, 6) is 1.76. The normalized spacial score (nSPS) is 25.2. The van der Waals surface area contributed by atoms with Crippen LogP contribution in [0.4, 0.5) is 0 Å². The topological polar surface area (TPSA) is 35.6 Å². The van der Waals surface area contributed by atoms with Gasteiger partial charge in [-0.1, -0.05) is 6.07 Å². The van der Waals surface area contributed by atoms with Crippen LogP contribution < -0.4 is 5.32 Å². The van der Waals surface area contributed by atoms with Crippen molar-refractivity contribution in [2.45, 2.75) is 6.54 Å². The Labute approximate surface area is 130 Å². The zero-order valence-electron chi connectivity index (χ0n) is 11.7. The van der Waals surface area contributed by atoms with Gasteiger partial charge in [0.1, 0.15) is 0 Å². The lowest BCUT2D eigenvalue weighted by molar-refractivity contribution is -0.131. The Morgan fingerprint density at radius 1 is 1.45 bits per heavy atom. The highest BCUT2D eigenvalue weighted by molar-refractivity contribution is 7.09. The number of nitrogens with zero attached hydrogens (tertiary/aromatic N) is 2. The fourth-order valence-corrected chi connectivity index (χ4v) is 3.88. The molecule has 112 valence electrons. The highest BCUT2D eigenvalue weighted by Crippen LogP contribution is 2.26. The maximum absolute atomic E-state index is 12.2. The van der Waals surface area contributed by atoms with E-state index in [1.165, 1.54) is 4.88 Å². The molecule has 4 nitrogen and oxygen atoms in total. The SMILES string of the molecule is CN(Cc1cccs1)C(=O)CN1C[C@H]2CNC[C@H]2C1.Cl. The van der Waals surface area contributed by atoms with Crippen LogP contribution in [0.2, 0.25) is 0 Å². The molecule has 2 saturated heterocycles. The average Bonchev–Trinajstić information content (AvgIpc) is 3.04. The van der Waals surface area contributed by atoms with E-state index in [0.717, 1.165) is 44.6 Å². The Balaban J connectivity index is 0.00000147. The number of carbonyl (C=O) groups excluding carboxylic acids is 1. The second-order valence-electron chi connectivity index (χ2n) is 5.70. The van der Waals surface area contributed by atoms with Gasteiger partial charge in [0.2, 0.25) is 5.91 Å². The number of hydrogen-bond donors (Lipinski definition) is 1. The minimum absolute atomic E-state index is 0. The van der Waals surface area contributed by atoms with E-state index in [0.29, 0.717) is 6.54 Å². The predicted molar refractivity (Wildman–Crippen MR) is 84.3 cm³/mol. The molecule has 0 unspecified atom stereocenters. The van der Waals surface area contributed by atoms with Crippen molar-refractivity contribution in [3.63, 3.8) is 0 Å². The first-order valence-corrected chi connectivity index (χ1v) is 7.80. The van der Waals surface area contributed by atoms with Crippen LogP contribution in [0.25, 0.3) is 0 Å². The van der Waals surface area contributed by atoms with Crippen LogP contribution in [0, 0.1) is 11.8 Å². The zero-order valence-corrected chi connectivity index (χ0v) is 13.4. The molecule has 1 aromatic rings. The molecule has 2 aliphatic rings. The number of hydrogen-bond acceptors (Lipinski definition) is 4. The molecule has 2 atom stereocenters. The lowest BCUT2D eigenvalue weighted by Crippen LogP contribution is -2.38. The van der Waals surface area contributed by atoms with E-state index in [-0.39, 0.29) is 18.3 Å². The molecule has 2 fully saturated rings. The maximum atomic E-state index is 12.2. The van der Waals surface area contributed by atoms with E-state index < -0.39 is 0 Å². The van der Waals surface area contributed by atoms with Crippen molar-refractivity contribution >= 4 is 29.7 Å². The first-order valence-electron chi connectivity index (χ1n) is 6.92. The summed E-state index contributed by atoms with van der Waals surface area (Å²) in [6.45, 7) is 5.72. The number of rotatable bonds is 4. The highest BCUT2D eigenvalue weighted by atomic mass is 35.5. The van der Waals surface area contributed by atoms with Gasteiger partial charge in [-0.05, 0) is 36.4 Å². The van der Waals surface area contributed by atoms with Gasteiger partial charge < -0.3 is 10.2 Å². The van der Waals surface area contributed by atoms with E-state index in [1.54, 1.807) is 11.3 Å². The van der Waals surface area contributed by atoms with Gasteiger partial charge in [0.15, 0.2) is 0 Å². The Morgan fingerprint density at radius 2 is 2.15 bits per heavy atom. The molecular weight excluding hydrogens is 294 g/mol. The Bertz CT molecular complexity index is 428. The Hall–Kier alpha value is -0.620. The van der Waals surface area contributed by atoms with Crippen LogP contribution in [0.5, 0.6) is 0 Å². The lowest BCUT2D eigenvalue weighted by atomic mass is 10.0. The number of halogens is 1. The largest absolute Gasteiger partial charge is 0.340 e. The van der Waals surface area contributed by atoms with Gasteiger partial charge in [-0.2, -0.15) is 0 Å². The number of thiophene rings is 1. The smallest absolute Gasteiger partial charge is 0.236 e. The number of likely N-dealkylation sites (N-methyl/N-ethyl adjacent to an activating group) is 1. The summed E-state index contributed by atoms with van der Waals surface area (Å²) in [6.07, 6.45) is 0. The molecule has 0 bridgehead atoms. The molecular formula is C14H22ClN3OS. The third-order valence-electron chi connectivity index (χ3n) is 4.22. The van der Waals surface area contributed by atoms with Crippen LogP contribution in [-0.4, -0.2) is 55.5 Å². The van der Waals surface area contributed by atoms with Crippen molar-refractivity contribution in [3.8, 4) is 0 Å². The highest BCUT2D eigenvalue weighted by Gasteiger charge is 2.36. The van der Waals surface area contributed by atoms with Crippen molar-refractivity contribution in [3.05, 3.63) is 22.4 Å². The fraction of sp³-hybridized carbons (Fsp3) is 0.643. The summed E-state index contributed by atoms with van der Waals surface area (Å²) in [5, 5.41) is 5.49.